The molecular weight excluding hydrogens is 288 g/mol. The summed E-state index contributed by atoms with van der Waals surface area (Å²) in [6.07, 6.45) is -4.99. The molecule has 9 heteroatoms. The smallest absolute Gasteiger partial charge is 0.351 e. The van der Waals surface area contributed by atoms with Crippen LogP contribution in [0.15, 0.2) is 29.7 Å². The Bertz CT molecular complexity index is 592. The van der Waals surface area contributed by atoms with E-state index in [0.29, 0.717) is 4.57 Å². The number of halogens is 2. The molecule has 0 radical (unpaired) electrons. The van der Waals surface area contributed by atoms with Gasteiger partial charge in [0.05, 0.1) is 6.10 Å². The highest BCUT2D eigenvalue weighted by atomic mass is 19.3. The second-order valence-corrected chi connectivity index (χ2v) is 4.71. The van der Waals surface area contributed by atoms with Crippen LogP contribution in [0, 0.1) is 0 Å². The number of aliphatic hydroxyl groups is 2. The number of hydrogen-bond donors (Lipinski definition) is 3. The number of alkyl halides is 2. The highest BCUT2D eigenvalue weighted by molar-refractivity contribution is 5.23. The van der Waals surface area contributed by atoms with Crippen molar-refractivity contribution in [2.24, 2.45) is 0 Å². The lowest BCUT2D eigenvalue weighted by Gasteiger charge is -2.21. The molecule has 1 aromatic heterocycles. The maximum atomic E-state index is 14.1. The van der Waals surface area contributed by atoms with E-state index in [2.05, 4.69) is 11.6 Å². The van der Waals surface area contributed by atoms with E-state index in [1.165, 1.54) is 6.08 Å². The quantitative estimate of drug-likeness (QED) is 0.656. The number of nitrogen functional groups attached to an aromatic ring is 1. The van der Waals surface area contributed by atoms with E-state index in [-0.39, 0.29) is 12.2 Å². The minimum Gasteiger partial charge on any atom is -0.390 e. The predicted molar refractivity (Wildman–Crippen MR) is 68.6 cm³/mol. The second kappa shape index (κ2) is 5.51. The van der Waals surface area contributed by atoms with Crippen molar-refractivity contribution in [3.8, 4) is 0 Å². The molecule has 1 aliphatic heterocycles. The van der Waals surface area contributed by atoms with Gasteiger partial charge >= 0.3 is 11.6 Å². The lowest BCUT2D eigenvalue weighted by atomic mass is 10.0. The lowest BCUT2D eigenvalue weighted by Crippen LogP contribution is -2.43. The molecular formula is C12H15F2N3O4. The first-order valence-corrected chi connectivity index (χ1v) is 6.14. The van der Waals surface area contributed by atoms with E-state index in [0.717, 1.165) is 12.3 Å². The summed E-state index contributed by atoms with van der Waals surface area (Å²) in [6, 6.07) is 1.15. The first kappa shape index (κ1) is 15.5. The summed E-state index contributed by atoms with van der Waals surface area (Å²) in [7, 11) is 0. The molecule has 0 aromatic carbocycles. The molecule has 0 bridgehead atoms. The summed E-state index contributed by atoms with van der Waals surface area (Å²) >= 11 is 0. The van der Waals surface area contributed by atoms with Crippen molar-refractivity contribution in [2.75, 3.05) is 5.73 Å². The van der Waals surface area contributed by atoms with Crippen LogP contribution in [-0.4, -0.2) is 44.0 Å². The fourth-order valence-corrected chi connectivity index (χ4v) is 2.14. The highest BCUT2D eigenvalue weighted by Gasteiger charge is 2.61. The molecule has 1 aromatic rings. The molecule has 1 aliphatic rings. The zero-order valence-corrected chi connectivity index (χ0v) is 10.9. The maximum absolute atomic E-state index is 14.1. The number of hydrogen-bond acceptors (Lipinski definition) is 6. The second-order valence-electron chi connectivity index (χ2n) is 4.71. The number of rotatable bonds is 4. The third kappa shape index (κ3) is 2.67. The molecule has 2 rings (SSSR count). The minimum atomic E-state index is -3.77. The van der Waals surface area contributed by atoms with Crippen LogP contribution in [0.2, 0.25) is 0 Å². The van der Waals surface area contributed by atoms with Gasteiger partial charge in [0, 0.05) is 6.20 Å². The first-order chi connectivity index (χ1) is 9.78. The van der Waals surface area contributed by atoms with Gasteiger partial charge in [0.1, 0.15) is 11.9 Å². The van der Waals surface area contributed by atoms with Gasteiger partial charge in [-0.1, -0.05) is 6.08 Å². The molecule has 4 N–H and O–H groups in total. The molecule has 116 valence electrons. The predicted octanol–water partition coefficient (Wildman–Crippen LogP) is -0.344. The average molecular weight is 303 g/mol. The molecule has 7 nitrogen and oxygen atoms in total. The monoisotopic (exact) mass is 303 g/mol. The Morgan fingerprint density at radius 3 is 2.90 bits per heavy atom. The maximum Gasteiger partial charge on any atom is 0.351 e. The highest BCUT2D eigenvalue weighted by Crippen LogP contribution is 2.43. The van der Waals surface area contributed by atoms with Crippen molar-refractivity contribution in [1.82, 2.24) is 9.55 Å². The number of nitrogens with zero attached hydrogens (tertiary/aromatic N) is 2. The van der Waals surface area contributed by atoms with Crippen LogP contribution < -0.4 is 11.4 Å². The van der Waals surface area contributed by atoms with Crippen LogP contribution >= 0.6 is 0 Å². The number of ether oxygens (including phenoxy) is 1. The zero-order valence-electron chi connectivity index (χ0n) is 10.9. The molecule has 2 heterocycles. The van der Waals surface area contributed by atoms with Gasteiger partial charge in [0.25, 0.3) is 0 Å². The zero-order chi connectivity index (χ0) is 15.8. The minimum absolute atomic E-state index is 0.0422. The van der Waals surface area contributed by atoms with E-state index in [1.807, 2.05) is 0 Å². The van der Waals surface area contributed by atoms with Crippen molar-refractivity contribution in [3.05, 3.63) is 35.4 Å². The molecule has 4 unspecified atom stereocenters. The number of aromatic nitrogens is 2. The van der Waals surface area contributed by atoms with Gasteiger partial charge in [0.2, 0.25) is 6.23 Å². The number of anilines is 1. The van der Waals surface area contributed by atoms with Gasteiger partial charge in [-0.05, 0) is 12.5 Å². The summed E-state index contributed by atoms with van der Waals surface area (Å²) in [4.78, 5) is 14.9. The number of nitrogens with two attached hydrogens (primary N) is 1. The van der Waals surface area contributed by atoms with Crippen molar-refractivity contribution in [3.63, 3.8) is 0 Å². The molecule has 0 amide bonds. The van der Waals surface area contributed by atoms with E-state index >= 15 is 0 Å². The fourth-order valence-electron chi connectivity index (χ4n) is 2.14. The molecule has 1 saturated heterocycles. The molecule has 21 heavy (non-hydrogen) atoms. The van der Waals surface area contributed by atoms with Crippen LogP contribution in [0.25, 0.3) is 0 Å². The summed E-state index contributed by atoms with van der Waals surface area (Å²) in [6.45, 7) is 3.37. The van der Waals surface area contributed by atoms with E-state index in [9.17, 15) is 23.8 Å². The summed E-state index contributed by atoms with van der Waals surface area (Å²) in [5.41, 5.74) is 4.25. The van der Waals surface area contributed by atoms with Crippen molar-refractivity contribution < 1.29 is 23.7 Å². The van der Waals surface area contributed by atoms with Crippen LogP contribution in [0.3, 0.4) is 0 Å². The SMILES string of the molecule is C=CCC(O)C1OC(n2ccc(N)nc2=O)C(F)(F)C1O. The first-order valence-electron chi connectivity index (χ1n) is 6.14. The van der Waals surface area contributed by atoms with Crippen LogP contribution in [0.1, 0.15) is 12.6 Å². The Kier molecular flexibility index (Phi) is 4.08. The van der Waals surface area contributed by atoms with Gasteiger partial charge in [0.15, 0.2) is 6.10 Å². The molecule has 0 spiro atoms. The lowest BCUT2D eigenvalue weighted by molar-refractivity contribution is -0.141. The summed E-state index contributed by atoms with van der Waals surface area (Å²) in [5.74, 6) is -3.89. The van der Waals surface area contributed by atoms with Crippen molar-refractivity contribution >= 4 is 5.82 Å². The molecule has 0 saturated carbocycles. The molecule has 4 atom stereocenters. The van der Waals surface area contributed by atoms with Gasteiger partial charge in [-0.3, -0.25) is 4.57 Å². The van der Waals surface area contributed by atoms with Gasteiger partial charge in [-0.15, -0.1) is 6.58 Å². The topological polar surface area (TPSA) is 111 Å². The Hall–Kier alpha value is -1.84. The van der Waals surface area contributed by atoms with Crippen molar-refractivity contribution in [2.45, 2.75) is 36.9 Å². The van der Waals surface area contributed by atoms with Gasteiger partial charge in [-0.25, -0.2) is 4.79 Å². The van der Waals surface area contributed by atoms with Crippen LogP contribution in [0.5, 0.6) is 0 Å². The number of aliphatic hydroxyl groups excluding tert-OH is 2. The largest absolute Gasteiger partial charge is 0.390 e. The molecule has 0 aliphatic carbocycles. The third-order valence-electron chi connectivity index (χ3n) is 3.21. The average Bonchev–Trinajstić information content (AvgIpc) is 2.62. The van der Waals surface area contributed by atoms with Crippen LogP contribution in [-0.2, 0) is 4.74 Å². The van der Waals surface area contributed by atoms with E-state index < -0.39 is 36.2 Å². The third-order valence-corrected chi connectivity index (χ3v) is 3.21. The van der Waals surface area contributed by atoms with Gasteiger partial charge < -0.3 is 20.7 Å². The Balaban J connectivity index is 2.36. The Labute approximate surface area is 118 Å². The van der Waals surface area contributed by atoms with Crippen molar-refractivity contribution in [1.29, 1.82) is 0 Å². The molecule has 1 fully saturated rings. The van der Waals surface area contributed by atoms with Gasteiger partial charge in [-0.2, -0.15) is 13.8 Å². The van der Waals surface area contributed by atoms with E-state index in [1.54, 1.807) is 0 Å². The Morgan fingerprint density at radius 1 is 1.67 bits per heavy atom. The standard InChI is InChI=1S/C12H15F2N3O4/c1-2-3-6(18)8-9(19)12(13,14)10(21-8)17-5-4-7(15)16-11(17)20/h2,4-6,8-10,18-19H,1,3H2,(H2,15,16,20). The van der Waals surface area contributed by atoms with E-state index in [4.69, 9.17) is 10.5 Å². The fraction of sp³-hybridized carbons (Fsp3) is 0.500. The summed E-state index contributed by atoms with van der Waals surface area (Å²) in [5, 5.41) is 19.4. The summed E-state index contributed by atoms with van der Waals surface area (Å²) < 4.78 is 33.7. The normalized spacial score (nSPS) is 29.2. The Morgan fingerprint density at radius 2 is 2.33 bits per heavy atom. The van der Waals surface area contributed by atoms with Crippen LogP contribution in [0.4, 0.5) is 14.6 Å².